The van der Waals surface area contributed by atoms with Crippen molar-refractivity contribution in [3.05, 3.63) is 77.9 Å². The average molecular weight is 431 g/mol. The molecule has 5 nitrogen and oxygen atoms in total. The number of carbonyl (C=O) groups excluding carboxylic acids is 2. The summed E-state index contributed by atoms with van der Waals surface area (Å²) in [4.78, 5) is 28.0. The zero-order chi connectivity index (χ0) is 22.5. The lowest BCUT2D eigenvalue weighted by atomic mass is 9.95. The van der Waals surface area contributed by atoms with Gasteiger partial charge in [-0.05, 0) is 49.6 Å². The highest BCUT2D eigenvalue weighted by Crippen LogP contribution is 2.24. The molecule has 0 saturated carbocycles. The molecule has 5 heteroatoms. The number of para-hydroxylation sites is 1. The van der Waals surface area contributed by atoms with Gasteiger partial charge in [0.1, 0.15) is 5.75 Å². The Labute approximate surface area is 189 Å². The SMILES string of the molecule is CC(C)Oc1ccccc1CNC(=O)C1CCCN(C(=O)c2cccc3ccccc23)C1. The predicted octanol–water partition coefficient (Wildman–Crippen LogP) is 4.80. The molecule has 32 heavy (non-hydrogen) atoms. The lowest BCUT2D eigenvalue weighted by Gasteiger charge is -2.32. The summed E-state index contributed by atoms with van der Waals surface area (Å²) >= 11 is 0. The molecule has 1 aliphatic heterocycles. The molecular formula is C27H30N2O3. The van der Waals surface area contributed by atoms with Crippen LogP contribution in [0.4, 0.5) is 0 Å². The first-order valence-electron chi connectivity index (χ1n) is 11.3. The molecule has 1 unspecified atom stereocenters. The summed E-state index contributed by atoms with van der Waals surface area (Å²) < 4.78 is 5.85. The summed E-state index contributed by atoms with van der Waals surface area (Å²) in [5.41, 5.74) is 1.65. The Morgan fingerprint density at radius 1 is 1.03 bits per heavy atom. The number of ether oxygens (including phenoxy) is 1. The smallest absolute Gasteiger partial charge is 0.254 e. The van der Waals surface area contributed by atoms with Gasteiger partial charge in [0.05, 0.1) is 12.0 Å². The Hall–Kier alpha value is -3.34. The number of nitrogens with zero attached hydrogens (tertiary/aromatic N) is 1. The van der Waals surface area contributed by atoms with Gasteiger partial charge in [0.15, 0.2) is 0 Å². The lowest BCUT2D eigenvalue weighted by Crippen LogP contribution is -2.45. The molecule has 1 saturated heterocycles. The van der Waals surface area contributed by atoms with Crippen LogP contribution in [0.2, 0.25) is 0 Å². The maximum Gasteiger partial charge on any atom is 0.254 e. The van der Waals surface area contributed by atoms with Gasteiger partial charge >= 0.3 is 0 Å². The fourth-order valence-corrected chi connectivity index (χ4v) is 4.30. The lowest BCUT2D eigenvalue weighted by molar-refractivity contribution is -0.126. The van der Waals surface area contributed by atoms with Gasteiger partial charge in [-0.15, -0.1) is 0 Å². The Morgan fingerprint density at radius 2 is 1.78 bits per heavy atom. The average Bonchev–Trinajstić information content (AvgIpc) is 2.82. The maximum absolute atomic E-state index is 13.3. The highest BCUT2D eigenvalue weighted by atomic mass is 16.5. The van der Waals surface area contributed by atoms with Crippen molar-refractivity contribution in [3.8, 4) is 5.75 Å². The topological polar surface area (TPSA) is 58.6 Å². The van der Waals surface area contributed by atoms with E-state index in [1.807, 2.05) is 85.5 Å². The van der Waals surface area contributed by atoms with E-state index in [2.05, 4.69) is 5.32 Å². The first kappa shape index (κ1) is 21.9. The summed E-state index contributed by atoms with van der Waals surface area (Å²) in [6.07, 6.45) is 1.68. The van der Waals surface area contributed by atoms with Crippen LogP contribution in [0.25, 0.3) is 10.8 Å². The molecule has 0 radical (unpaired) electrons. The molecule has 0 aliphatic carbocycles. The number of nitrogens with one attached hydrogen (secondary N) is 1. The summed E-state index contributed by atoms with van der Waals surface area (Å²) in [5, 5.41) is 5.05. The largest absolute Gasteiger partial charge is 0.491 e. The van der Waals surface area contributed by atoms with Gasteiger partial charge in [-0.2, -0.15) is 0 Å². The minimum atomic E-state index is -0.208. The highest BCUT2D eigenvalue weighted by molar-refractivity contribution is 6.07. The van der Waals surface area contributed by atoms with Gasteiger partial charge in [0.2, 0.25) is 5.91 Å². The quantitative estimate of drug-likeness (QED) is 0.611. The Kier molecular flexibility index (Phi) is 6.74. The van der Waals surface area contributed by atoms with Crippen LogP contribution < -0.4 is 10.1 Å². The number of amides is 2. The normalized spacial score (nSPS) is 16.2. The number of carbonyl (C=O) groups is 2. The van der Waals surface area contributed by atoms with Crippen molar-refractivity contribution in [2.75, 3.05) is 13.1 Å². The highest BCUT2D eigenvalue weighted by Gasteiger charge is 2.29. The van der Waals surface area contributed by atoms with Crippen LogP contribution in [0.3, 0.4) is 0 Å². The fourth-order valence-electron chi connectivity index (χ4n) is 4.30. The molecule has 2 amide bonds. The summed E-state index contributed by atoms with van der Waals surface area (Å²) in [5.74, 6) is 0.565. The summed E-state index contributed by atoms with van der Waals surface area (Å²) in [6, 6.07) is 21.5. The van der Waals surface area contributed by atoms with Gasteiger partial charge in [-0.25, -0.2) is 0 Å². The van der Waals surface area contributed by atoms with Crippen molar-refractivity contribution in [1.29, 1.82) is 0 Å². The van der Waals surface area contributed by atoms with Crippen molar-refractivity contribution in [2.45, 2.75) is 39.3 Å². The second-order valence-electron chi connectivity index (χ2n) is 8.61. The van der Waals surface area contributed by atoms with E-state index in [-0.39, 0.29) is 23.8 Å². The summed E-state index contributed by atoms with van der Waals surface area (Å²) in [7, 11) is 0. The molecule has 0 aromatic heterocycles. The number of benzene rings is 3. The predicted molar refractivity (Wildman–Crippen MR) is 127 cm³/mol. The van der Waals surface area contributed by atoms with E-state index in [9.17, 15) is 9.59 Å². The molecule has 1 heterocycles. The maximum atomic E-state index is 13.3. The van der Waals surface area contributed by atoms with Gasteiger partial charge in [0, 0.05) is 30.8 Å². The molecule has 166 valence electrons. The molecule has 1 N–H and O–H groups in total. The monoisotopic (exact) mass is 430 g/mol. The standard InChI is InChI=1S/C27H30N2O3/c1-19(2)32-25-15-6-4-10-21(25)17-28-26(30)22-12-8-16-29(18-22)27(31)24-14-7-11-20-9-3-5-13-23(20)24/h3-7,9-11,13-15,19,22H,8,12,16-18H2,1-2H3,(H,28,30). The molecule has 0 spiro atoms. The first-order valence-corrected chi connectivity index (χ1v) is 11.3. The van der Waals surface area contributed by atoms with E-state index in [1.54, 1.807) is 0 Å². The number of likely N-dealkylation sites (tertiary alicyclic amines) is 1. The van der Waals surface area contributed by atoms with Gasteiger partial charge in [-0.3, -0.25) is 9.59 Å². The minimum Gasteiger partial charge on any atom is -0.491 e. The molecule has 3 aromatic rings. The molecule has 1 fully saturated rings. The number of fused-ring (bicyclic) bond motifs is 1. The zero-order valence-corrected chi connectivity index (χ0v) is 18.7. The number of rotatable bonds is 6. The Bertz CT molecular complexity index is 1100. The van der Waals surface area contributed by atoms with Crippen LogP contribution in [0.15, 0.2) is 66.7 Å². The van der Waals surface area contributed by atoms with Crippen LogP contribution in [0, 0.1) is 5.92 Å². The van der Waals surface area contributed by atoms with Crippen molar-refractivity contribution in [2.24, 2.45) is 5.92 Å². The number of hydrogen-bond acceptors (Lipinski definition) is 3. The number of piperidine rings is 1. The van der Waals surface area contributed by atoms with Crippen LogP contribution in [0.5, 0.6) is 5.75 Å². The van der Waals surface area contributed by atoms with Gasteiger partial charge < -0.3 is 15.0 Å². The molecule has 1 aliphatic rings. The van der Waals surface area contributed by atoms with Crippen molar-refractivity contribution < 1.29 is 14.3 Å². The first-order chi connectivity index (χ1) is 15.5. The Morgan fingerprint density at radius 3 is 2.62 bits per heavy atom. The fraction of sp³-hybridized carbons (Fsp3) is 0.333. The van der Waals surface area contributed by atoms with E-state index >= 15 is 0 Å². The van der Waals surface area contributed by atoms with Crippen LogP contribution in [0.1, 0.15) is 42.6 Å². The van der Waals surface area contributed by atoms with Crippen LogP contribution >= 0.6 is 0 Å². The van der Waals surface area contributed by atoms with E-state index in [4.69, 9.17) is 4.74 Å². The van der Waals surface area contributed by atoms with E-state index < -0.39 is 0 Å². The van der Waals surface area contributed by atoms with Gasteiger partial charge in [0.25, 0.3) is 5.91 Å². The van der Waals surface area contributed by atoms with E-state index in [1.165, 1.54) is 0 Å². The van der Waals surface area contributed by atoms with Crippen molar-refractivity contribution >= 4 is 22.6 Å². The van der Waals surface area contributed by atoms with Crippen molar-refractivity contribution in [1.82, 2.24) is 10.2 Å². The van der Waals surface area contributed by atoms with Gasteiger partial charge in [-0.1, -0.05) is 54.6 Å². The number of hydrogen-bond donors (Lipinski definition) is 1. The minimum absolute atomic E-state index is 0.00465. The summed E-state index contributed by atoms with van der Waals surface area (Å²) in [6.45, 7) is 5.50. The van der Waals surface area contributed by atoms with Crippen LogP contribution in [-0.4, -0.2) is 35.9 Å². The second kappa shape index (κ2) is 9.86. The molecule has 4 rings (SSSR count). The van der Waals surface area contributed by atoms with E-state index in [0.29, 0.717) is 25.2 Å². The molecule has 0 bridgehead atoms. The molecule has 1 atom stereocenters. The molecular weight excluding hydrogens is 400 g/mol. The van der Waals surface area contributed by atoms with Crippen molar-refractivity contribution in [3.63, 3.8) is 0 Å². The second-order valence-corrected chi connectivity index (χ2v) is 8.61. The Balaban J connectivity index is 1.42. The molecule has 3 aromatic carbocycles. The third-order valence-corrected chi connectivity index (χ3v) is 5.89. The van der Waals surface area contributed by atoms with Crippen LogP contribution in [-0.2, 0) is 11.3 Å². The third kappa shape index (κ3) is 4.93. The third-order valence-electron chi connectivity index (χ3n) is 5.89. The van der Waals surface area contributed by atoms with E-state index in [0.717, 1.165) is 34.9 Å². The zero-order valence-electron chi connectivity index (χ0n) is 18.7.